The number of nitrogens with one attached hydrogen (secondary N) is 3. The number of nitrogens with zero attached hydrogens (tertiary/aromatic N) is 3. The Balaban J connectivity index is 1.76. The van der Waals surface area contributed by atoms with Gasteiger partial charge in [-0.25, -0.2) is 0 Å². The van der Waals surface area contributed by atoms with E-state index in [2.05, 4.69) is 44.6 Å². The number of aromatic nitrogens is 3. The average Bonchev–Trinajstić information content (AvgIpc) is 2.83. The van der Waals surface area contributed by atoms with Crippen LogP contribution < -0.4 is 16.0 Å². The molecule has 134 valence electrons. The van der Waals surface area contributed by atoms with Gasteiger partial charge in [-0.05, 0) is 38.3 Å². The quantitative estimate of drug-likeness (QED) is 0.735. The molecule has 1 saturated heterocycles. The Hall–Kier alpha value is -1.47. The van der Waals surface area contributed by atoms with E-state index in [0.717, 1.165) is 70.1 Å². The van der Waals surface area contributed by atoms with Gasteiger partial charge in [-0.1, -0.05) is 13.8 Å². The van der Waals surface area contributed by atoms with Crippen molar-refractivity contribution in [3.63, 3.8) is 0 Å². The summed E-state index contributed by atoms with van der Waals surface area (Å²) in [6.07, 6.45) is 3.62. The van der Waals surface area contributed by atoms with Gasteiger partial charge in [-0.3, -0.25) is 4.79 Å². The van der Waals surface area contributed by atoms with Gasteiger partial charge in [-0.15, -0.1) is 10.2 Å². The van der Waals surface area contributed by atoms with Gasteiger partial charge in [-0.2, -0.15) is 0 Å². The molecule has 1 aromatic rings. The molecule has 0 bridgehead atoms. The van der Waals surface area contributed by atoms with Crippen molar-refractivity contribution in [2.75, 3.05) is 26.2 Å². The highest BCUT2D eigenvalue weighted by Crippen LogP contribution is 2.23. The van der Waals surface area contributed by atoms with E-state index in [1.54, 1.807) is 0 Å². The predicted octanol–water partition coefficient (Wildman–Crippen LogP) is 0.627. The van der Waals surface area contributed by atoms with E-state index in [4.69, 9.17) is 0 Å². The van der Waals surface area contributed by atoms with Gasteiger partial charge >= 0.3 is 0 Å². The lowest BCUT2D eigenvalue weighted by atomic mass is 9.95. The molecule has 3 N–H and O–H groups in total. The number of rotatable bonds is 5. The van der Waals surface area contributed by atoms with Crippen LogP contribution in [0.1, 0.15) is 50.8 Å². The monoisotopic (exact) mass is 334 g/mol. The summed E-state index contributed by atoms with van der Waals surface area (Å²) in [7, 11) is 0. The standard InChI is InChI=1S/C17H30N6O/c1-12(2)11-14(20-17(24)13-3-6-18-7-4-13)16-22-21-15-5-8-19-9-10-23(15)16/h12-14,18-19H,3-11H2,1-2H3,(H,20,24)/t14-/m1/s1. The van der Waals surface area contributed by atoms with Gasteiger partial charge in [0.15, 0.2) is 5.82 Å². The van der Waals surface area contributed by atoms with Crippen molar-refractivity contribution in [2.45, 2.75) is 52.1 Å². The largest absolute Gasteiger partial charge is 0.346 e. The van der Waals surface area contributed by atoms with Gasteiger partial charge in [0, 0.05) is 32.0 Å². The summed E-state index contributed by atoms with van der Waals surface area (Å²) in [5.74, 6) is 2.73. The highest BCUT2D eigenvalue weighted by Gasteiger charge is 2.28. The third-order valence-electron chi connectivity index (χ3n) is 4.94. The first-order valence-corrected chi connectivity index (χ1v) is 9.29. The SMILES string of the molecule is CC(C)C[C@@H](NC(=O)C1CCNCC1)c1nnc2n1CCNCC2. The highest BCUT2D eigenvalue weighted by atomic mass is 16.2. The Morgan fingerprint density at radius 3 is 2.71 bits per heavy atom. The maximum Gasteiger partial charge on any atom is 0.223 e. The third-order valence-corrected chi connectivity index (χ3v) is 4.94. The highest BCUT2D eigenvalue weighted by molar-refractivity contribution is 5.79. The van der Waals surface area contributed by atoms with E-state index in [1.165, 1.54) is 0 Å². The van der Waals surface area contributed by atoms with Crippen LogP contribution in [-0.2, 0) is 17.8 Å². The summed E-state index contributed by atoms with van der Waals surface area (Å²) in [6, 6.07) is -0.0493. The first-order chi connectivity index (χ1) is 11.6. The molecule has 0 aromatic carbocycles. The summed E-state index contributed by atoms with van der Waals surface area (Å²) in [5.41, 5.74) is 0. The van der Waals surface area contributed by atoms with Gasteiger partial charge < -0.3 is 20.5 Å². The predicted molar refractivity (Wildman–Crippen MR) is 92.5 cm³/mol. The second kappa shape index (κ2) is 8.07. The van der Waals surface area contributed by atoms with Crippen LogP contribution in [0, 0.1) is 11.8 Å². The van der Waals surface area contributed by atoms with Crippen molar-refractivity contribution in [3.8, 4) is 0 Å². The number of piperidine rings is 1. The van der Waals surface area contributed by atoms with Crippen LogP contribution in [-0.4, -0.2) is 46.9 Å². The summed E-state index contributed by atoms with van der Waals surface area (Å²) >= 11 is 0. The normalized spacial score (nSPS) is 20.5. The van der Waals surface area contributed by atoms with E-state index in [-0.39, 0.29) is 17.9 Å². The average molecular weight is 334 g/mol. The van der Waals surface area contributed by atoms with E-state index in [1.807, 2.05) is 0 Å². The zero-order valence-electron chi connectivity index (χ0n) is 14.8. The zero-order chi connectivity index (χ0) is 16.9. The van der Waals surface area contributed by atoms with Crippen molar-refractivity contribution in [2.24, 2.45) is 11.8 Å². The minimum absolute atomic E-state index is 0.0493. The van der Waals surface area contributed by atoms with E-state index < -0.39 is 0 Å². The molecule has 2 aliphatic rings. The van der Waals surface area contributed by atoms with Gasteiger partial charge in [0.25, 0.3) is 0 Å². The lowest BCUT2D eigenvalue weighted by Crippen LogP contribution is -2.40. The van der Waals surface area contributed by atoms with Crippen LogP contribution in [0.4, 0.5) is 0 Å². The molecule has 1 amide bonds. The summed E-state index contributed by atoms with van der Waals surface area (Å²) in [4.78, 5) is 12.7. The van der Waals surface area contributed by atoms with Gasteiger partial charge in [0.2, 0.25) is 5.91 Å². The fraction of sp³-hybridized carbons (Fsp3) is 0.824. The summed E-state index contributed by atoms with van der Waals surface area (Å²) in [6.45, 7) is 8.96. The molecule has 0 aliphatic carbocycles. The number of fused-ring (bicyclic) bond motifs is 1. The molecule has 3 rings (SSSR count). The number of amides is 1. The zero-order valence-corrected chi connectivity index (χ0v) is 14.8. The molecule has 0 spiro atoms. The van der Waals surface area contributed by atoms with Crippen molar-refractivity contribution >= 4 is 5.91 Å². The molecule has 7 nitrogen and oxygen atoms in total. The lowest BCUT2D eigenvalue weighted by Gasteiger charge is -2.26. The smallest absolute Gasteiger partial charge is 0.223 e. The molecule has 0 saturated carbocycles. The minimum Gasteiger partial charge on any atom is -0.346 e. The molecule has 1 aromatic heterocycles. The number of hydrogen-bond acceptors (Lipinski definition) is 5. The maximum absolute atomic E-state index is 12.7. The Morgan fingerprint density at radius 2 is 1.96 bits per heavy atom. The number of hydrogen-bond donors (Lipinski definition) is 3. The molecule has 1 atom stereocenters. The second-order valence-corrected chi connectivity index (χ2v) is 7.34. The maximum atomic E-state index is 12.7. The van der Waals surface area contributed by atoms with Crippen LogP contribution in [0.25, 0.3) is 0 Å². The first kappa shape index (κ1) is 17.4. The molecule has 0 unspecified atom stereocenters. The molecule has 7 heteroatoms. The lowest BCUT2D eigenvalue weighted by molar-refractivity contribution is -0.126. The Bertz CT molecular complexity index is 549. The van der Waals surface area contributed by atoms with Crippen molar-refractivity contribution in [3.05, 3.63) is 11.6 Å². The molecular formula is C17H30N6O. The minimum atomic E-state index is -0.0493. The topological polar surface area (TPSA) is 83.9 Å². The fourth-order valence-corrected chi connectivity index (χ4v) is 3.63. The summed E-state index contributed by atoms with van der Waals surface area (Å²) < 4.78 is 2.20. The van der Waals surface area contributed by atoms with Crippen molar-refractivity contribution in [1.29, 1.82) is 0 Å². The number of carbonyl (C=O) groups is 1. The van der Waals surface area contributed by atoms with E-state index in [9.17, 15) is 4.79 Å². The van der Waals surface area contributed by atoms with Crippen molar-refractivity contribution < 1.29 is 4.79 Å². The van der Waals surface area contributed by atoms with Crippen LogP contribution in [0.15, 0.2) is 0 Å². The molecule has 2 aliphatic heterocycles. The Labute approximate surface area is 144 Å². The van der Waals surface area contributed by atoms with Gasteiger partial charge in [0.1, 0.15) is 5.82 Å². The van der Waals surface area contributed by atoms with Crippen LogP contribution in [0.3, 0.4) is 0 Å². The number of carbonyl (C=O) groups excluding carboxylic acids is 1. The second-order valence-electron chi connectivity index (χ2n) is 7.34. The van der Waals surface area contributed by atoms with Crippen LogP contribution in [0.2, 0.25) is 0 Å². The molecule has 24 heavy (non-hydrogen) atoms. The molecule has 0 radical (unpaired) electrons. The van der Waals surface area contributed by atoms with Crippen LogP contribution >= 0.6 is 0 Å². The van der Waals surface area contributed by atoms with Crippen molar-refractivity contribution in [1.82, 2.24) is 30.7 Å². The molecular weight excluding hydrogens is 304 g/mol. The Kier molecular flexibility index (Phi) is 5.84. The summed E-state index contributed by atoms with van der Waals surface area (Å²) in [5, 5.41) is 18.8. The Morgan fingerprint density at radius 1 is 1.21 bits per heavy atom. The fourth-order valence-electron chi connectivity index (χ4n) is 3.63. The molecule has 3 heterocycles. The third kappa shape index (κ3) is 4.13. The van der Waals surface area contributed by atoms with E-state index in [0.29, 0.717) is 5.92 Å². The van der Waals surface area contributed by atoms with E-state index >= 15 is 0 Å². The first-order valence-electron chi connectivity index (χ1n) is 9.29. The van der Waals surface area contributed by atoms with Gasteiger partial charge in [0.05, 0.1) is 6.04 Å². The van der Waals surface area contributed by atoms with Crippen LogP contribution in [0.5, 0.6) is 0 Å². The molecule has 1 fully saturated rings.